The van der Waals surface area contributed by atoms with E-state index in [1.54, 1.807) is 49.6 Å². The molecule has 0 fully saturated rings. The molecule has 1 N–H and O–H groups in total. The summed E-state index contributed by atoms with van der Waals surface area (Å²) >= 11 is 0. The van der Waals surface area contributed by atoms with E-state index >= 15 is 0 Å². The molecule has 0 atom stereocenters. The number of methoxy groups -OCH3 is 2. The molecule has 1 amide bonds. The molecule has 0 saturated heterocycles. The van der Waals surface area contributed by atoms with Gasteiger partial charge in [0.1, 0.15) is 5.75 Å². The van der Waals surface area contributed by atoms with Gasteiger partial charge in [-0.05, 0) is 53.6 Å². The first-order valence-electron chi connectivity index (χ1n) is 8.25. The van der Waals surface area contributed by atoms with Crippen LogP contribution in [0.25, 0.3) is 11.3 Å². The average Bonchev–Trinajstić information content (AvgIpc) is 3.16. The van der Waals surface area contributed by atoms with E-state index in [1.165, 1.54) is 7.11 Å². The van der Waals surface area contributed by atoms with Crippen LogP contribution < -0.4 is 19.5 Å². The van der Waals surface area contributed by atoms with Gasteiger partial charge >= 0.3 is 0 Å². The van der Waals surface area contributed by atoms with Crippen molar-refractivity contribution in [3.05, 3.63) is 48.0 Å². The number of benzene rings is 2. The predicted octanol–water partition coefficient (Wildman–Crippen LogP) is 3.40. The van der Waals surface area contributed by atoms with E-state index in [4.69, 9.17) is 18.8 Å². The average molecular weight is 369 g/mol. The molecule has 0 radical (unpaired) electrons. The lowest BCUT2D eigenvalue weighted by Crippen LogP contribution is -2.13. The lowest BCUT2D eigenvalue weighted by Gasteiger charge is -2.09. The highest BCUT2D eigenvalue weighted by molar-refractivity contribution is 6.05. The van der Waals surface area contributed by atoms with Gasteiger partial charge in [0.25, 0.3) is 5.91 Å². The van der Waals surface area contributed by atoms with Crippen LogP contribution in [0.4, 0.5) is 5.82 Å². The lowest BCUT2D eigenvalue weighted by atomic mass is 10.1. The van der Waals surface area contributed by atoms with Crippen LogP contribution in [0.15, 0.2) is 47.1 Å². The molecule has 0 aliphatic carbocycles. The first kappa shape index (κ1) is 18.2. The summed E-state index contributed by atoms with van der Waals surface area (Å²) in [7, 11) is 3.09. The topological polar surface area (TPSA) is 95.7 Å². The van der Waals surface area contributed by atoms with Gasteiger partial charge in [-0.2, -0.15) is 0 Å². The number of nitrogens with one attached hydrogen (secondary N) is 1. The summed E-state index contributed by atoms with van der Waals surface area (Å²) in [5.41, 5.74) is 1.47. The Morgan fingerprint density at radius 2 is 1.89 bits per heavy atom. The molecule has 0 aliphatic heterocycles. The number of carbonyl (C=O) groups is 1. The number of carbonyl (C=O) groups excluding carboxylic acids is 1. The molecule has 3 rings (SSSR count). The highest BCUT2D eigenvalue weighted by atomic mass is 16.6. The second-order valence-electron chi connectivity index (χ2n) is 5.45. The Bertz CT molecular complexity index is 939. The van der Waals surface area contributed by atoms with E-state index in [2.05, 4.69) is 15.6 Å². The van der Waals surface area contributed by atoms with E-state index in [9.17, 15) is 4.79 Å². The van der Waals surface area contributed by atoms with Gasteiger partial charge in [0.15, 0.2) is 17.2 Å². The second kappa shape index (κ2) is 8.22. The van der Waals surface area contributed by atoms with Gasteiger partial charge in [-0.3, -0.25) is 4.79 Å². The van der Waals surface area contributed by atoms with Crippen LogP contribution >= 0.6 is 0 Å². The highest BCUT2D eigenvalue weighted by Crippen LogP contribution is 2.34. The smallest absolute Gasteiger partial charge is 0.257 e. The van der Waals surface area contributed by atoms with Crippen molar-refractivity contribution >= 4 is 11.7 Å². The van der Waals surface area contributed by atoms with Crippen LogP contribution in [0.3, 0.4) is 0 Å². The third kappa shape index (κ3) is 4.00. The lowest BCUT2D eigenvalue weighted by molar-refractivity contribution is 0.102. The summed E-state index contributed by atoms with van der Waals surface area (Å²) in [4.78, 5) is 12.6. The summed E-state index contributed by atoms with van der Waals surface area (Å²) in [6, 6.07) is 12.1. The van der Waals surface area contributed by atoms with Crippen LogP contribution in [0.5, 0.6) is 17.2 Å². The number of rotatable bonds is 7. The number of hydrogen-bond acceptors (Lipinski definition) is 7. The maximum Gasteiger partial charge on any atom is 0.257 e. The first-order chi connectivity index (χ1) is 13.2. The second-order valence-corrected chi connectivity index (χ2v) is 5.45. The first-order valence-corrected chi connectivity index (χ1v) is 8.25. The fraction of sp³-hybridized carbons (Fsp3) is 0.211. The third-order valence-electron chi connectivity index (χ3n) is 3.78. The maximum atomic E-state index is 12.6. The molecule has 8 heteroatoms. The molecule has 140 valence electrons. The predicted molar refractivity (Wildman–Crippen MR) is 98.4 cm³/mol. The van der Waals surface area contributed by atoms with E-state index in [1.807, 2.05) is 6.92 Å². The minimum atomic E-state index is -0.353. The Labute approximate surface area is 156 Å². The van der Waals surface area contributed by atoms with Crippen molar-refractivity contribution < 1.29 is 23.6 Å². The number of nitrogens with zero attached hydrogens (tertiary/aromatic N) is 2. The molecule has 0 bridgehead atoms. The van der Waals surface area contributed by atoms with E-state index in [-0.39, 0.29) is 11.7 Å². The molecule has 0 spiro atoms. The van der Waals surface area contributed by atoms with Gasteiger partial charge in [-0.25, -0.2) is 4.63 Å². The summed E-state index contributed by atoms with van der Waals surface area (Å²) in [6.07, 6.45) is 0. The van der Waals surface area contributed by atoms with Crippen molar-refractivity contribution in [2.75, 3.05) is 26.1 Å². The molecule has 1 heterocycles. The van der Waals surface area contributed by atoms with Crippen LogP contribution in [-0.2, 0) is 0 Å². The fourth-order valence-corrected chi connectivity index (χ4v) is 2.52. The summed E-state index contributed by atoms with van der Waals surface area (Å²) in [6.45, 7) is 2.39. The number of amides is 1. The minimum absolute atomic E-state index is 0.203. The van der Waals surface area contributed by atoms with Crippen LogP contribution in [0, 0.1) is 0 Å². The Balaban J connectivity index is 1.85. The van der Waals surface area contributed by atoms with Gasteiger partial charge in [0.2, 0.25) is 5.82 Å². The van der Waals surface area contributed by atoms with Crippen LogP contribution in [0.1, 0.15) is 17.3 Å². The van der Waals surface area contributed by atoms with Crippen molar-refractivity contribution in [3.8, 4) is 28.5 Å². The Morgan fingerprint density at radius 3 is 2.63 bits per heavy atom. The normalized spacial score (nSPS) is 10.3. The molecule has 0 aliphatic rings. The van der Waals surface area contributed by atoms with E-state index in [0.29, 0.717) is 40.7 Å². The molecule has 1 aromatic heterocycles. The molecule has 0 unspecified atom stereocenters. The molecule has 3 aromatic rings. The van der Waals surface area contributed by atoms with Crippen LogP contribution in [-0.4, -0.2) is 37.0 Å². The summed E-state index contributed by atoms with van der Waals surface area (Å²) < 4.78 is 20.8. The maximum absolute atomic E-state index is 12.6. The van der Waals surface area contributed by atoms with Crippen molar-refractivity contribution in [2.45, 2.75) is 6.92 Å². The van der Waals surface area contributed by atoms with E-state index in [0.717, 1.165) is 0 Å². The molecule has 2 aromatic carbocycles. The monoisotopic (exact) mass is 369 g/mol. The van der Waals surface area contributed by atoms with Crippen molar-refractivity contribution in [2.24, 2.45) is 0 Å². The Kier molecular flexibility index (Phi) is 5.55. The standard InChI is InChI=1S/C19H19N3O5/c1-4-26-14-7-5-6-13(10-14)19(23)20-18-17(21-27-22-18)12-8-9-15(24-2)16(11-12)25-3/h5-11H,4H2,1-3H3,(H,20,22,23). The van der Waals surface area contributed by atoms with Gasteiger partial charge in [0, 0.05) is 11.1 Å². The molecule has 0 saturated carbocycles. The van der Waals surface area contributed by atoms with Crippen molar-refractivity contribution in [1.29, 1.82) is 0 Å². The quantitative estimate of drug-likeness (QED) is 0.682. The molecular weight excluding hydrogens is 350 g/mol. The van der Waals surface area contributed by atoms with Gasteiger partial charge in [0.05, 0.1) is 20.8 Å². The van der Waals surface area contributed by atoms with Crippen molar-refractivity contribution in [3.63, 3.8) is 0 Å². The fourth-order valence-electron chi connectivity index (χ4n) is 2.52. The summed E-state index contributed by atoms with van der Waals surface area (Å²) in [5.74, 6) is 1.57. The van der Waals surface area contributed by atoms with E-state index < -0.39 is 0 Å². The molecular formula is C19H19N3O5. The number of hydrogen-bond donors (Lipinski definition) is 1. The zero-order chi connectivity index (χ0) is 19.2. The minimum Gasteiger partial charge on any atom is -0.494 e. The number of anilines is 1. The zero-order valence-electron chi connectivity index (χ0n) is 15.2. The van der Waals surface area contributed by atoms with Gasteiger partial charge in [-0.15, -0.1) is 0 Å². The van der Waals surface area contributed by atoms with Gasteiger partial charge < -0.3 is 19.5 Å². The molecule has 8 nitrogen and oxygen atoms in total. The van der Waals surface area contributed by atoms with Gasteiger partial charge in [-0.1, -0.05) is 6.07 Å². The number of ether oxygens (including phenoxy) is 3. The number of aromatic nitrogens is 2. The Hall–Kier alpha value is -3.55. The summed E-state index contributed by atoms with van der Waals surface area (Å²) in [5, 5.41) is 10.4. The largest absolute Gasteiger partial charge is 0.494 e. The SMILES string of the molecule is CCOc1cccc(C(=O)Nc2nonc2-c2ccc(OC)c(OC)c2)c1. The highest BCUT2D eigenvalue weighted by Gasteiger charge is 2.18. The Morgan fingerprint density at radius 1 is 1.07 bits per heavy atom. The van der Waals surface area contributed by atoms with Crippen LogP contribution in [0.2, 0.25) is 0 Å². The third-order valence-corrected chi connectivity index (χ3v) is 3.78. The van der Waals surface area contributed by atoms with Crippen molar-refractivity contribution in [1.82, 2.24) is 10.3 Å². The molecule has 27 heavy (non-hydrogen) atoms. The zero-order valence-corrected chi connectivity index (χ0v) is 15.2.